The minimum atomic E-state index is -3.79. The van der Waals surface area contributed by atoms with Crippen LogP contribution >= 0.6 is 0 Å². The first kappa shape index (κ1) is 17.9. The minimum absolute atomic E-state index is 0.0413. The summed E-state index contributed by atoms with van der Waals surface area (Å²) in [6.45, 7) is 4.52. The molecule has 0 spiro atoms. The number of carbonyl (C=O) groups excluding carboxylic acids is 2. The Bertz CT molecular complexity index is 628. The van der Waals surface area contributed by atoms with E-state index in [1.807, 2.05) is 0 Å². The second-order valence-electron chi connectivity index (χ2n) is 4.30. The van der Waals surface area contributed by atoms with E-state index in [4.69, 9.17) is 4.74 Å². The number of benzene rings is 1. The van der Waals surface area contributed by atoms with Gasteiger partial charge in [0.15, 0.2) is 6.10 Å². The maximum absolute atomic E-state index is 11.9. The SMILES string of the molecule is C=CCNC(=O)[C@@H](C)OC(=O)CNS(=O)(=O)c1ccccc1. The van der Waals surface area contributed by atoms with Gasteiger partial charge >= 0.3 is 5.97 Å². The number of hydrogen-bond acceptors (Lipinski definition) is 5. The van der Waals surface area contributed by atoms with E-state index in [9.17, 15) is 18.0 Å². The predicted octanol–water partition coefficient (Wildman–Crippen LogP) is 0.199. The lowest BCUT2D eigenvalue weighted by Gasteiger charge is -2.13. The number of sulfonamides is 1. The third-order valence-corrected chi connectivity index (χ3v) is 3.98. The second kappa shape index (κ2) is 8.30. The standard InChI is InChI=1S/C14H18N2O5S/c1-3-9-15-14(18)11(2)21-13(17)10-16-22(19,20)12-7-5-4-6-8-12/h3-8,11,16H,1,9-10H2,2H3,(H,15,18)/t11-/m1/s1. The normalized spacial score (nSPS) is 12.2. The van der Waals surface area contributed by atoms with Crippen molar-refractivity contribution in [2.24, 2.45) is 0 Å². The van der Waals surface area contributed by atoms with Gasteiger partial charge < -0.3 is 10.1 Å². The molecule has 0 unspecified atom stereocenters. The molecular weight excluding hydrogens is 308 g/mol. The summed E-state index contributed by atoms with van der Waals surface area (Å²) >= 11 is 0. The van der Waals surface area contributed by atoms with Crippen molar-refractivity contribution in [1.82, 2.24) is 10.0 Å². The summed E-state index contributed by atoms with van der Waals surface area (Å²) in [5, 5.41) is 2.46. The van der Waals surface area contributed by atoms with Crippen molar-refractivity contribution in [3.8, 4) is 0 Å². The Morgan fingerprint density at radius 1 is 1.32 bits per heavy atom. The molecule has 0 aliphatic heterocycles. The molecule has 0 aliphatic carbocycles. The van der Waals surface area contributed by atoms with Gasteiger partial charge in [-0.25, -0.2) is 8.42 Å². The Labute approximate surface area is 129 Å². The molecule has 22 heavy (non-hydrogen) atoms. The van der Waals surface area contributed by atoms with Crippen molar-refractivity contribution >= 4 is 21.9 Å². The van der Waals surface area contributed by atoms with Gasteiger partial charge in [0.05, 0.1) is 4.90 Å². The number of rotatable bonds is 8. The number of amides is 1. The summed E-state index contributed by atoms with van der Waals surface area (Å²) in [6, 6.07) is 7.62. The van der Waals surface area contributed by atoms with E-state index in [2.05, 4.69) is 16.6 Å². The summed E-state index contributed by atoms with van der Waals surface area (Å²) in [7, 11) is -3.79. The van der Waals surface area contributed by atoms with Crippen molar-refractivity contribution in [2.45, 2.75) is 17.9 Å². The third kappa shape index (κ3) is 5.66. The zero-order valence-corrected chi connectivity index (χ0v) is 12.9. The Hall–Kier alpha value is -2.19. The minimum Gasteiger partial charge on any atom is -0.452 e. The molecule has 0 bridgehead atoms. The lowest BCUT2D eigenvalue weighted by Crippen LogP contribution is -2.38. The van der Waals surface area contributed by atoms with Gasteiger partial charge in [-0.2, -0.15) is 4.72 Å². The number of ether oxygens (including phenoxy) is 1. The average Bonchev–Trinajstić information content (AvgIpc) is 2.51. The molecule has 0 aromatic heterocycles. The number of esters is 1. The predicted molar refractivity (Wildman–Crippen MR) is 80.4 cm³/mol. The highest BCUT2D eigenvalue weighted by molar-refractivity contribution is 7.89. The zero-order valence-electron chi connectivity index (χ0n) is 12.1. The summed E-state index contributed by atoms with van der Waals surface area (Å²) in [5.74, 6) is -1.33. The van der Waals surface area contributed by atoms with Gasteiger partial charge in [0, 0.05) is 6.54 Å². The van der Waals surface area contributed by atoms with Crippen molar-refractivity contribution in [3.63, 3.8) is 0 Å². The van der Waals surface area contributed by atoms with Crippen LogP contribution in [-0.4, -0.2) is 39.5 Å². The van der Waals surface area contributed by atoms with Crippen molar-refractivity contribution in [1.29, 1.82) is 0 Å². The maximum Gasteiger partial charge on any atom is 0.321 e. The largest absolute Gasteiger partial charge is 0.452 e. The van der Waals surface area contributed by atoms with Crippen LogP contribution in [0.2, 0.25) is 0 Å². The summed E-state index contributed by atoms with van der Waals surface area (Å²) in [4.78, 5) is 23.1. The number of carbonyl (C=O) groups is 2. The van der Waals surface area contributed by atoms with Gasteiger partial charge in [0.1, 0.15) is 6.54 Å². The van der Waals surface area contributed by atoms with E-state index >= 15 is 0 Å². The van der Waals surface area contributed by atoms with Gasteiger partial charge in [-0.05, 0) is 19.1 Å². The molecule has 0 fully saturated rings. The van der Waals surface area contributed by atoms with Crippen LogP contribution in [0.15, 0.2) is 47.9 Å². The molecular formula is C14H18N2O5S. The molecule has 7 nitrogen and oxygen atoms in total. The average molecular weight is 326 g/mol. The molecule has 1 aromatic rings. The van der Waals surface area contributed by atoms with Crippen LogP contribution in [0.3, 0.4) is 0 Å². The van der Waals surface area contributed by atoms with E-state index in [1.165, 1.54) is 25.1 Å². The van der Waals surface area contributed by atoms with Crippen molar-refractivity contribution in [3.05, 3.63) is 43.0 Å². The van der Waals surface area contributed by atoms with Gasteiger partial charge in [0.25, 0.3) is 5.91 Å². The molecule has 0 aliphatic rings. The van der Waals surface area contributed by atoms with E-state index in [1.54, 1.807) is 18.2 Å². The Morgan fingerprint density at radius 2 is 1.95 bits per heavy atom. The van der Waals surface area contributed by atoms with Crippen molar-refractivity contribution < 1.29 is 22.7 Å². The lowest BCUT2D eigenvalue weighted by atomic mass is 10.3. The topological polar surface area (TPSA) is 102 Å². The monoisotopic (exact) mass is 326 g/mol. The lowest BCUT2D eigenvalue weighted by molar-refractivity contribution is -0.153. The first-order chi connectivity index (χ1) is 10.4. The van der Waals surface area contributed by atoms with Gasteiger partial charge in [-0.3, -0.25) is 9.59 Å². The molecule has 0 saturated heterocycles. The molecule has 120 valence electrons. The van der Waals surface area contributed by atoms with E-state index in [-0.39, 0.29) is 11.4 Å². The highest BCUT2D eigenvalue weighted by Crippen LogP contribution is 2.06. The molecule has 2 N–H and O–H groups in total. The van der Waals surface area contributed by atoms with Crippen molar-refractivity contribution in [2.75, 3.05) is 13.1 Å². The smallest absolute Gasteiger partial charge is 0.321 e. The van der Waals surface area contributed by atoms with Crippen LogP contribution in [-0.2, 0) is 24.3 Å². The van der Waals surface area contributed by atoms with Crippen LogP contribution in [0.25, 0.3) is 0 Å². The van der Waals surface area contributed by atoms with E-state index in [0.717, 1.165) is 0 Å². The zero-order chi connectivity index (χ0) is 16.6. The van der Waals surface area contributed by atoms with Crippen LogP contribution in [0, 0.1) is 0 Å². The summed E-state index contributed by atoms with van der Waals surface area (Å²) in [6.07, 6.45) is 0.467. The van der Waals surface area contributed by atoms with Crippen LogP contribution in [0.5, 0.6) is 0 Å². The quantitative estimate of drug-likeness (QED) is 0.525. The Kier molecular flexibility index (Phi) is 6.74. The van der Waals surface area contributed by atoms with Crippen LogP contribution in [0.4, 0.5) is 0 Å². The van der Waals surface area contributed by atoms with Crippen LogP contribution < -0.4 is 10.0 Å². The first-order valence-electron chi connectivity index (χ1n) is 6.49. The van der Waals surface area contributed by atoms with Gasteiger partial charge in [-0.1, -0.05) is 24.3 Å². The Morgan fingerprint density at radius 3 is 2.55 bits per heavy atom. The molecule has 1 aromatic carbocycles. The fraction of sp³-hybridized carbons (Fsp3) is 0.286. The van der Waals surface area contributed by atoms with Gasteiger partial charge in [0.2, 0.25) is 10.0 Å². The summed E-state index contributed by atoms with van der Waals surface area (Å²) < 4.78 is 30.7. The highest BCUT2D eigenvalue weighted by atomic mass is 32.2. The first-order valence-corrected chi connectivity index (χ1v) is 7.98. The molecule has 0 radical (unpaired) electrons. The molecule has 1 atom stereocenters. The number of hydrogen-bond donors (Lipinski definition) is 2. The molecule has 8 heteroatoms. The summed E-state index contributed by atoms with van der Waals surface area (Å²) in [5.41, 5.74) is 0. The highest BCUT2D eigenvalue weighted by Gasteiger charge is 2.19. The molecule has 1 amide bonds. The van der Waals surface area contributed by atoms with E-state index in [0.29, 0.717) is 0 Å². The fourth-order valence-corrected chi connectivity index (χ4v) is 2.44. The number of nitrogens with one attached hydrogen (secondary N) is 2. The third-order valence-electron chi connectivity index (χ3n) is 2.56. The van der Waals surface area contributed by atoms with E-state index < -0.39 is 34.5 Å². The maximum atomic E-state index is 11.9. The fourth-order valence-electron chi connectivity index (χ4n) is 1.45. The second-order valence-corrected chi connectivity index (χ2v) is 6.07. The molecule has 1 rings (SSSR count). The Balaban J connectivity index is 2.49. The molecule has 0 heterocycles. The van der Waals surface area contributed by atoms with Gasteiger partial charge in [-0.15, -0.1) is 6.58 Å². The molecule has 0 saturated carbocycles. The van der Waals surface area contributed by atoms with Crippen LogP contribution in [0.1, 0.15) is 6.92 Å².